The van der Waals surface area contributed by atoms with Gasteiger partial charge in [-0.1, -0.05) is 6.07 Å². The summed E-state index contributed by atoms with van der Waals surface area (Å²) in [7, 11) is -3.48. The van der Waals surface area contributed by atoms with E-state index < -0.39 is 10.0 Å². The molecule has 6 nitrogen and oxygen atoms in total. The van der Waals surface area contributed by atoms with Crippen molar-refractivity contribution in [3.63, 3.8) is 0 Å². The average Bonchev–Trinajstić information content (AvgIpc) is 2.70. The second-order valence-electron chi connectivity index (χ2n) is 4.40. The van der Waals surface area contributed by atoms with Gasteiger partial charge in [0.25, 0.3) is 0 Å². The van der Waals surface area contributed by atoms with Crippen LogP contribution < -0.4 is 5.32 Å². The first-order valence-electron chi connectivity index (χ1n) is 6.12. The number of nitrogens with zero attached hydrogens (tertiary/aromatic N) is 3. The molecule has 2 aromatic rings. The summed E-state index contributed by atoms with van der Waals surface area (Å²) in [5.74, 6) is 0. The van der Waals surface area contributed by atoms with Crippen LogP contribution in [0.15, 0.2) is 23.1 Å². The largest absolute Gasteiger partial charge is 0.315 e. The first-order valence-corrected chi connectivity index (χ1v) is 8.29. The van der Waals surface area contributed by atoms with Crippen molar-refractivity contribution in [1.82, 2.24) is 18.4 Å². The van der Waals surface area contributed by atoms with Crippen LogP contribution in [0.2, 0.25) is 0 Å². The quantitative estimate of drug-likeness (QED) is 0.890. The molecule has 9 heteroatoms. The lowest BCUT2D eigenvalue weighted by atomic mass is 10.3. The van der Waals surface area contributed by atoms with Crippen molar-refractivity contribution >= 4 is 45.2 Å². The standard InChI is InChI=1S/C11H14N4O2S2.ClH/c16-19(17,15-7-2-5-12-6-8-15)10-4-1-3-9-11(10)14-18-13-9;/h1,3-4,12H,2,5-8H2;1H. The van der Waals surface area contributed by atoms with Crippen molar-refractivity contribution in [2.24, 2.45) is 0 Å². The Morgan fingerprint density at radius 1 is 1.20 bits per heavy atom. The van der Waals surface area contributed by atoms with Gasteiger partial charge < -0.3 is 5.32 Å². The Labute approximate surface area is 128 Å². The fraction of sp³-hybridized carbons (Fsp3) is 0.455. The van der Waals surface area contributed by atoms with E-state index in [1.54, 1.807) is 18.2 Å². The van der Waals surface area contributed by atoms with E-state index in [4.69, 9.17) is 0 Å². The van der Waals surface area contributed by atoms with Gasteiger partial charge in [-0.15, -0.1) is 12.4 Å². The van der Waals surface area contributed by atoms with Crippen LogP contribution in [-0.2, 0) is 10.0 Å². The van der Waals surface area contributed by atoms with E-state index in [0.717, 1.165) is 24.7 Å². The Morgan fingerprint density at radius 2 is 2.05 bits per heavy atom. The number of hydrogen-bond acceptors (Lipinski definition) is 6. The average molecular weight is 335 g/mol. The molecule has 1 N–H and O–H groups in total. The molecule has 1 saturated heterocycles. The van der Waals surface area contributed by atoms with Gasteiger partial charge in [-0.3, -0.25) is 0 Å². The maximum Gasteiger partial charge on any atom is 0.245 e. The van der Waals surface area contributed by atoms with E-state index in [2.05, 4.69) is 14.1 Å². The zero-order valence-corrected chi connectivity index (χ0v) is 13.1. The summed E-state index contributed by atoms with van der Waals surface area (Å²) in [6, 6.07) is 5.10. The van der Waals surface area contributed by atoms with Crippen LogP contribution in [-0.4, -0.2) is 47.6 Å². The second kappa shape index (κ2) is 6.31. The molecule has 0 radical (unpaired) electrons. The van der Waals surface area contributed by atoms with E-state index >= 15 is 0 Å². The predicted octanol–water partition coefficient (Wildman–Crippen LogP) is 1.10. The maximum absolute atomic E-state index is 12.7. The second-order valence-corrected chi connectivity index (χ2v) is 6.83. The summed E-state index contributed by atoms with van der Waals surface area (Å²) in [5, 5.41) is 3.20. The van der Waals surface area contributed by atoms with Gasteiger partial charge in [0.05, 0.1) is 11.7 Å². The van der Waals surface area contributed by atoms with E-state index in [-0.39, 0.29) is 17.3 Å². The molecule has 3 rings (SSSR count). The van der Waals surface area contributed by atoms with Gasteiger partial charge in [0, 0.05) is 19.6 Å². The minimum atomic E-state index is -3.48. The maximum atomic E-state index is 12.7. The molecule has 0 saturated carbocycles. The summed E-state index contributed by atoms with van der Waals surface area (Å²) >= 11 is 1.04. The van der Waals surface area contributed by atoms with E-state index in [9.17, 15) is 8.42 Å². The van der Waals surface area contributed by atoms with E-state index in [1.807, 2.05) is 0 Å². The predicted molar refractivity (Wildman–Crippen MR) is 80.9 cm³/mol. The Balaban J connectivity index is 0.00000147. The van der Waals surface area contributed by atoms with Gasteiger partial charge in [-0.25, -0.2) is 8.42 Å². The van der Waals surface area contributed by atoms with E-state index in [0.29, 0.717) is 30.7 Å². The molecule has 20 heavy (non-hydrogen) atoms. The van der Waals surface area contributed by atoms with Crippen LogP contribution in [0, 0.1) is 0 Å². The minimum Gasteiger partial charge on any atom is -0.315 e. The van der Waals surface area contributed by atoms with Crippen molar-refractivity contribution in [1.29, 1.82) is 0 Å². The zero-order valence-electron chi connectivity index (χ0n) is 10.7. The van der Waals surface area contributed by atoms with Crippen molar-refractivity contribution in [3.8, 4) is 0 Å². The fourth-order valence-electron chi connectivity index (χ4n) is 2.19. The normalized spacial score (nSPS) is 17.6. The summed E-state index contributed by atoms with van der Waals surface area (Å²) in [6.45, 7) is 2.58. The number of hydrogen-bond donors (Lipinski definition) is 1. The lowest BCUT2D eigenvalue weighted by Gasteiger charge is -2.19. The summed E-state index contributed by atoms with van der Waals surface area (Å²) in [4.78, 5) is 0.264. The Hall–Kier alpha value is -0.800. The topological polar surface area (TPSA) is 75.2 Å². The highest BCUT2D eigenvalue weighted by atomic mass is 35.5. The monoisotopic (exact) mass is 334 g/mol. The molecule has 0 bridgehead atoms. The van der Waals surface area contributed by atoms with E-state index in [1.165, 1.54) is 4.31 Å². The van der Waals surface area contributed by atoms with Crippen molar-refractivity contribution in [2.75, 3.05) is 26.2 Å². The molecule has 2 heterocycles. The SMILES string of the molecule is Cl.O=S(=O)(c1cccc2nsnc12)N1CCCNCC1. The van der Waals surface area contributed by atoms with Gasteiger partial charge in [-0.2, -0.15) is 13.1 Å². The fourth-order valence-corrected chi connectivity index (χ4v) is 4.42. The van der Waals surface area contributed by atoms with Gasteiger partial charge in [-0.05, 0) is 25.1 Å². The Kier molecular flexibility index (Phi) is 4.92. The number of sulfonamides is 1. The highest BCUT2D eigenvalue weighted by Crippen LogP contribution is 2.24. The number of benzene rings is 1. The van der Waals surface area contributed by atoms with Crippen LogP contribution in [0.25, 0.3) is 11.0 Å². The third-order valence-electron chi connectivity index (χ3n) is 3.17. The summed E-state index contributed by atoms with van der Waals surface area (Å²) < 4.78 is 35.1. The summed E-state index contributed by atoms with van der Waals surface area (Å²) in [5.41, 5.74) is 1.11. The lowest BCUT2D eigenvalue weighted by Crippen LogP contribution is -2.34. The van der Waals surface area contributed by atoms with Gasteiger partial charge in [0.15, 0.2) is 0 Å². The third-order valence-corrected chi connectivity index (χ3v) is 5.64. The molecule has 1 aliphatic heterocycles. The molecular weight excluding hydrogens is 320 g/mol. The van der Waals surface area contributed by atoms with Crippen LogP contribution in [0.4, 0.5) is 0 Å². The molecule has 0 amide bonds. The van der Waals surface area contributed by atoms with Crippen LogP contribution in [0.5, 0.6) is 0 Å². The highest BCUT2D eigenvalue weighted by Gasteiger charge is 2.27. The highest BCUT2D eigenvalue weighted by molar-refractivity contribution is 7.89. The molecule has 1 aromatic heterocycles. The third kappa shape index (κ3) is 2.79. The first-order chi connectivity index (χ1) is 9.19. The minimum absolute atomic E-state index is 0. The van der Waals surface area contributed by atoms with Crippen LogP contribution >= 0.6 is 24.1 Å². The van der Waals surface area contributed by atoms with Gasteiger partial charge >= 0.3 is 0 Å². The van der Waals surface area contributed by atoms with Crippen molar-refractivity contribution < 1.29 is 8.42 Å². The number of nitrogens with one attached hydrogen (secondary N) is 1. The molecule has 110 valence electrons. The van der Waals surface area contributed by atoms with Crippen LogP contribution in [0.3, 0.4) is 0 Å². The molecule has 1 fully saturated rings. The molecule has 0 atom stereocenters. The Bertz CT molecular complexity index is 681. The molecule has 1 aliphatic rings. The van der Waals surface area contributed by atoms with Gasteiger partial charge in [0.1, 0.15) is 15.9 Å². The molecular formula is C11H15ClN4O2S2. The Morgan fingerprint density at radius 3 is 2.90 bits per heavy atom. The van der Waals surface area contributed by atoms with Crippen molar-refractivity contribution in [2.45, 2.75) is 11.3 Å². The number of fused-ring (bicyclic) bond motifs is 1. The number of rotatable bonds is 2. The molecule has 0 aliphatic carbocycles. The molecule has 1 aromatic carbocycles. The first kappa shape index (κ1) is 15.6. The number of aromatic nitrogens is 2. The van der Waals surface area contributed by atoms with Crippen molar-refractivity contribution in [3.05, 3.63) is 18.2 Å². The molecule has 0 spiro atoms. The lowest BCUT2D eigenvalue weighted by molar-refractivity contribution is 0.432. The van der Waals surface area contributed by atoms with Gasteiger partial charge in [0.2, 0.25) is 10.0 Å². The van der Waals surface area contributed by atoms with Crippen LogP contribution in [0.1, 0.15) is 6.42 Å². The molecule has 0 unspecified atom stereocenters. The number of halogens is 1. The smallest absolute Gasteiger partial charge is 0.245 e. The zero-order chi connectivity index (χ0) is 13.3. The summed E-state index contributed by atoms with van der Waals surface area (Å²) in [6.07, 6.45) is 0.824.